The first-order valence-corrected chi connectivity index (χ1v) is 10.7. The third kappa shape index (κ3) is 4.63. The molecular formula is C23H20ClN3OS. The standard InChI is InChI=1S/C23H20ClN3OS/c1-2-28-21-13-11-20(12-14-21)27-22(18-8-4-3-5-9-18)25-26-23(27)29-16-17-7-6-10-19(24)15-17/h3-15H,2,16H2,1H3. The van der Waals surface area contributed by atoms with E-state index >= 15 is 0 Å². The van der Waals surface area contributed by atoms with Crippen molar-refractivity contribution in [3.63, 3.8) is 0 Å². The Morgan fingerprint density at radius 1 is 0.931 bits per heavy atom. The van der Waals surface area contributed by atoms with E-state index in [0.29, 0.717) is 6.61 Å². The number of thioether (sulfide) groups is 1. The molecule has 0 aliphatic rings. The number of ether oxygens (including phenoxy) is 1. The van der Waals surface area contributed by atoms with Gasteiger partial charge in [0.15, 0.2) is 11.0 Å². The molecule has 1 aromatic heterocycles. The van der Waals surface area contributed by atoms with Gasteiger partial charge in [0.05, 0.1) is 6.61 Å². The van der Waals surface area contributed by atoms with Crippen LogP contribution in [0.5, 0.6) is 5.75 Å². The van der Waals surface area contributed by atoms with Crippen LogP contribution in [0.15, 0.2) is 84.0 Å². The van der Waals surface area contributed by atoms with Crippen molar-refractivity contribution in [2.75, 3.05) is 6.61 Å². The second-order valence-corrected chi connectivity index (χ2v) is 7.73. The summed E-state index contributed by atoms with van der Waals surface area (Å²) >= 11 is 7.76. The van der Waals surface area contributed by atoms with Crippen LogP contribution in [0.3, 0.4) is 0 Å². The fourth-order valence-electron chi connectivity index (χ4n) is 3.00. The molecule has 0 fully saturated rings. The van der Waals surface area contributed by atoms with Gasteiger partial charge in [-0.2, -0.15) is 0 Å². The highest BCUT2D eigenvalue weighted by atomic mass is 35.5. The minimum atomic E-state index is 0.641. The molecule has 0 unspecified atom stereocenters. The largest absolute Gasteiger partial charge is 0.494 e. The van der Waals surface area contributed by atoms with Gasteiger partial charge in [0.25, 0.3) is 0 Å². The summed E-state index contributed by atoms with van der Waals surface area (Å²) in [6, 6.07) is 26.0. The summed E-state index contributed by atoms with van der Waals surface area (Å²) < 4.78 is 7.67. The number of halogens is 1. The lowest BCUT2D eigenvalue weighted by molar-refractivity contribution is 0.340. The molecule has 6 heteroatoms. The van der Waals surface area contributed by atoms with Crippen molar-refractivity contribution in [2.24, 2.45) is 0 Å². The van der Waals surface area contributed by atoms with Gasteiger partial charge in [0, 0.05) is 22.0 Å². The molecule has 146 valence electrons. The highest BCUT2D eigenvalue weighted by Gasteiger charge is 2.16. The van der Waals surface area contributed by atoms with E-state index in [9.17, 15) is 0 Å². The van der Waals surface area contributed by atoms with Gasteiger partial charge in [-0.1, -0.05) is 65.8 Å². The van der Waals surface area contributed by atoms with Crippen LogP contribution >= 0.6 is 23.4 Å². The number of rotatable bonds is 7. The van der Waals surface area contributed by atoms with Crippen molar-refractivity contribution < 1.29 is 4.74 Å². The van der Waals surface area contributed by atoms with Crippen molar-refractivity contribution in [3.05, 3.63) is 89.4 Å². The van der Waals surface area contributed by atoms with Crippen LogP contribution in [0.2, 0.25) is 5.02 Å². The van der Waals surface area contributed by atoms with Crippen LogP contribution in [0.25, 0.3) is 17.1 Å². The lowest BCUT2D eigenvalue weighted by Crippen LogP contribution is -2.00. The first kappa shape index (κ1) is 19.6. The van der Waals surface area contributed by atoms with Crippen molar-refractivity contribution in [3.8, 4) is 22.8 Å². The number of nitrogens with zero attached hydrogens (tertiary/aromatic N) is 3. The van der Waals surface area contributed by atoms with Gasteiger partial charge in [-0.25, -0.2) is 0 Å². The maximum Gasteiger partial charge on any atom is 0.196 e. The summed E-state index contributed by atoms with van der Waals surface area (Å²) in [6.07, 6.45) is 0. The van der Waals surface area contributed by atoms with Gasteiger partial charge in [0.1, 0.15) is 5.75 Å². The molecule has 0 amide bonds. The monoisotopic (exact) mass is 421 g/mol. The second kappa shape index (κ2) is 9.16. The number of benzene rings is 3. The van der Waals surface area contributed by atoms with Crippen LogP contribution in [0.1, 0.15) is 12.5 Å². The molecule has 0 atom stereocenters. The Balaban J connectivity index is 1.70. The maximum absolute atomic E-state index is 6.12. The van der Waals surface area contributed by atoms with Gasteiger partial charge in [0.2, 0.25) is 0 Å². The van der Waals surface area contributed by atoms with E-state index in [-0.39, 0.29) is 0 Å². The van der Waals surface area contributed by atoms with Crippen LogP contribution in [0.4, 0.5) is 0 Å². The van der Waals surface area contributed by atoms with E-state index in [1.54, 1.807) is 11.8 Å². The highest BCUT2D eigenvalue weighted by Crippen LogP contribution is 2.30. The zero-order chi connectivity index (χ0) is 20.1. The van der Waals surface area contributed by atoms with Crippen molar-refractivity contribution in [1.82, 2.24) is 14.8 Å². The molecule has 0 aliphatic heterocycles. The van der Waals surface area contributed by atoms with E-state index in [1.807, 2.05) is 79.7 Å². The maximum atomic E-state index is 6.12. The van der Waals surface area contributed by atoms with Crippen LogP contribution < -0.4 is 4.74 Å². The van der Waals surface area contributed by atoms with E-state index < -0.39 is 0 Å². The summed E-state index contributed by atoms with van der Waals surface area (Å²) in [7, 11) is 0. The fraction of sp³-hybridized carbons (Fsp3) is 0.130. The predicted molar refractivity (Wildman–Crippen MR) is 119 cm³/mol. The molecular weight excluding hydrogens is 402 g/mol. The lowest BCUT2D eigenvalue weighted by atomic mass is 10.2. The Morgan fingerprint density at radius 3 is 2.45 bits per heavy atom. The smallest absolute Gasteiger partial charge is 0.196 e. The summed E-state index contributed by atoms with van der Waals surface area (Å²) in [4.78, 5) is 0. The van der Waals surface area contributed by atoms with Gasteiger partial charge in [-0.15, -0.1) is 10.2 Å². The van der Waals surface area contributed by atoms with Gasteiger partial charge in [-0.3, -0.25) is 4.57 Å². The molecule has 0 bridgehead atoms. The van der Waals surface area contributed by atoms with Gasteiger partial charge < -0.3 is 4.74 Å². The topological polar surface area (TPSA) is 39.9 Å². The molecule has 0 radical (unpaired) electrons. The van der Waals surface area contributed by atoms with Crippen molar-refractivity contribution in [2.45, 2.75) is 17.8 Å². The Bertz CT molecular complexity index is 1080. The zero-order valence-electron chi connectivity index (χ0n) is 16.0. The van der Waals surface area contributed by atoms with E-state index in [4.69, 9.17) is 16.3 Å². The zero-order valence-corrected chi connectivity index (χ0v) is 17.5. The number of hydrogen-bond acceptors (Lipinski definition) is 4. The highest BCUT2D eigenvalue weighted by molar-refractivity contribution is 7.98. The Labute approximate surface area is 179 Å². The minimum Gasteiger partial charge on any atom is -0.494 e. The predicted octanol–water partition coefficient (Wildman–Crippen LogP) is 6.28. The number of aromatic nitrogens is 3. The van der Waals surface area contributed by atoms with Crippen molar-refractivity contribution >= 4 is 23.4 Å². The van der Waals surface area contributed by atoms with Crippen LogP contribution in [0, 0.1) is 0 Å². The first-order chi connectivity index (χ1) is 14.2. The Morgan fingerprint density at radius 2 is 1.72 bits per heavy atom. The molecule has 3 aromatic carbocycles. The van der Waals surface area contributed by atoms with E-state index in [0.717, 1.165) is 44.3 Å². The molecule has 0 aliphatic carbocycles. The SMILES string of the molecule is CCOc1ccc(-n2c(SCc3cccc(Cl)c3)nnc2-c2ccccc2)cc1. The molecule has 0 N–H and O–H groups in total. The third-order valence-electron chi connectivity index (χ3n) is 4.33. The average molecular weight is 422 g/mol. The molecule has 1 heterocycles. The Hall–Kier alpha value is -2.76. The van der Waals surface area contributed by atoms with Gasteiger partial charge in [-0.05, 0) is 48.9 Å². The third-order valence-corrected chi connectivity index (χ3v) is 5.56. The molecule has 0 spiro atoms. The van der Waals surface area contributed by atoms with Crippen molar-refractivity contribution in [1.29, 1.82) is 0 Å². The molecule has 4 nitrogen and oxygen atoms in total. The average Bonchev–Trinajstić information content (AvgIpc) is 3.18. The van der Waals surface area contributed by atoms with E-state index in [2.05, 4.69) is 20.8 Å². The molecule has 0 saturated carbocycles. The van der Waals surface area contributed by atoms with Gasteiger partial charge >= 0.3 is 0 Å². The summed E-state index contributed by atoms with van der Waals surface area (Å²) in [5.41, 5.74) is 3.15. The molecule has 4 aromatic rings. The summed E-state index contributed by atoms with van der Waals surface area (Å²) in [5.74, 6) is 2.41. The molecule has 4 rings (SSSR count). The molecule has 0 saturated heterocycles. The second-order valence-electron chi connectivity index (χ2n) is 6.35. The minimum absolute atomic E-state index is 0.641. The first-order valence-electron chi connectivity index (χ1n) is 9.36. The number of hydrogen-bond donors (Lipinski definition) is 0. The van der Waals surface area contributed by atoms with Crippen LogP contribution in [-0.4, -0.2) is 21.4 Å². The summed E-state index contributed by atoms with van der Waals surface area (Å²) in [5, 5.41) is 10.5. The summed E-state index contributed by atoms with van der Waals surface area (Å²) in [6.45, 7) is 2.62. The lowest BCUT2D eigenvalue weighted by Gasteiger charge is -2.11. The van der Waals surface area contributed by atoms with E-state index in [1.165, 1.54) is 0 Å². The normalized spacial score (nSPS) is 10.8. The van der Waals surface area contributed by atoms with Crippen LogP contribution in [-0.2, 0) is 5.75 Å². The quantitative estimate of drug-likeness (QED) is 0.329. The fourth-order valence-corrected chi connectivity index (χ4v) is 4.11. The molecule has 29 heavy (non-hydrogen) atoms. The Kier molecular flexibility index (Phi) is 6.17.